The highest BCUT2D eigenvalue weighted by Crippen LogP contribution is 2.19. The van der Waals surface area contributed by atoms with Gasteiger partial charge in [0.05, 0.1) is 24.6 Å². The van der Waals surface area contributed by atoms with Crippen LogP contribution in [-0.2, 0) is 19.2 Å². The van der Waals surface area contributed by atoms with Crippen molar-refractivity contribution in [2.75, 3.05) is 19.8 Å². The molecule has 5 N–H and O–H groups in total. The third kappa shape index (κ3) is 10.2. The van der Waals surface area contributed by atoms with Gasteiger partial charge in [0.25, 0.3) is 5.91 Å². The lowest BCUT2D eigenvalue weighted by Crippen LogP contribution is -2.56. The molecule has 232 valence electrons. The Morgan fingerprint density at radius 1 is 0.977 bits per heavy atom. The maximum atomic E-state index is 13.3. The Morgan fingerprint density at radius 3 is 2.37 bits per heavy atom. The van der Waals surface area contributed by atoms with Crippen LogP contribution >= 0.6 is 11.6 Å². The molecule has 0 saturated carbocycles. The summed E-state index contributed by atoms with van der Waals surface area (Å²) in [4.78, 5) is 65.3. The lowest BCUT2D eigenvalue weighted by atomic mass is 10.0. The highest BCUT2D eigenvalue weighted by molar-refractivity contribution is 6.30. The van der Waals surface area contributed by atoms with E-state index in [-0.39, 0.29) is 37.0 Å². The number of carbonyl (C=O) groups excluding carboxylic acids is 5. The zero-order valence-corrected chi connectivity index (χ0v) is 25.3. The first kappa shape index (κ1) is 33.2. The number of carbonyl (C=O) groups is 5. The zero-order valence-electron chi connectivity index (χ0n) is 24.6. The average Bonchev–Trinajstić information content (AvgIpc) is 2.96. The molecule has 12 nitrogen and oxygen atoms in total. The van der Waals surface area contributed by atoms with Gasteiger partial charge in [0.1, 0.15) is 42.8 Å². The second kappa shape index (κ2) is 15.8. The summed E-state index contributed by atoms with van der Waals surface area (Å²) in [6.45, 7) is 7.00. The zero-order chi connectivity index (χ0) is 31.5. The Balaban J connectivity index is 1.79. The fourth-order valence-electron chi connectivity index (χ4n) is 4.18. The second-order valence-corrected chi connectivity index (χ2v) is 11.0. The first-order valence-corrected chi connectivity index (χ1v) is 14.4. The number of ether oxygens (including phenoxy) is 2. The molecular weight excluding hydrogens is 578 g/mol. The highest BCUT2D eigenvalue weighted by atomic mass is 35.5. The molecule has 1 aliphatic rings. The summed E-state index contributed by atoms with van der Waals surface area (Å²) in [5, 5.41) is 13.9. The Labute approximate surface area is 255 Å². The van der Waals surface area contributed by atoms with Crippen LogP contribution in [-0.4, -0.2) is 73.5 Å². The van der Waals surface area contributed by atoms with Gasteiger partial charge in [0, 0.05) is 5.02 Å². The van der Waals surface area contributed by atoms with Gasteiger partial charge in [-0.2, -0.15) is 0 Å². The van der Waals surface area contributed by atoms with Crippen molar-refractivity contribution >= 4 is 41.1 Å². The summed E-state index contributed by atoms with van der Waals surface area (Å²) in [6, 6.07) is 9.51. The quantitative estimate of drug-likeness (QED) is 0.308. The van der Waals surface area contributed by atoms with Gasteiger partial charge in [-0.25, -0.2) is 0 Å². The molecule has 0 aromatic heterocycles. The molecule has 0 bridgehead atoms. The van der Waals surface area contributed by atoms with Crippen molar-refractivity contribution in [1.29, 1.82) is 0 Å². The summed E-state index contributed by atoms with van der Waals surface area (Å²) in [7, 11) is 0. The van der Waals surface area contributed by atoms with Crippen molar-refractivity contribution in [3.63, 3.8) is 0 Å². The number of rotatable bonds is 6. The Morgan fingerprint density at radius 2 is 1.67 bits per heavy atom. The lowest BCUT2D eigenvalue weighted by Gasteiger charge is -2.25. The molecule has 2 aromatic carbocycles. The van der Waals surface area contributed by atoms with Crippen LogP contribution in [0.2, 0.25) is 5.02 Å². The molecule has 1 aliphatic heterocycles. The average molecular weight is 616 g/mol. The van der Waals surface area contributed by atoms with E-state index in [1.165, 1.54) is 13.0 Å². The number of benzene rings is 2. The summed E-state index contributed by atoms with van der Waals surface area (Å²) in [5.74, 6) is -2.38. The van der Waals surface area contributed by atoms with E-state index in [0.29, 0.717) is 10.8 Å². The van der Waals surface area contributed by atoms with Gasteiger partial charge >= 0.3 is 0 Å². The number of hydrogen-bond acceptors (Lipinski definition) is 7. The van der Waals surface area contributed by atoms with Crippen LogP contribution in [0.1, 0.15) is 44.5 Å². The molecular formula is C30H38ClN5O7. The van der Waals surface area contributed by atoms with E-state index in [1.807, 2.05) is 0 Å². The van der Waals surface area contributed by atoms with E-state index in [9.17, 15) is 24.0 Å². The van der Waals surface area contributed by atoms with E-state index in [1.54, 1.807) is 63.2 Å². The number of halogens is 1. The molecule has 0 fully saturated rings. The van der Waals surface area contributed by atoms with E-state index in [0.717, 1.165) is 0 Å². The number of fused-ring (bicyclic) bond motifs is 1. The van der Waals surface area contributed by atoms with Gasteiger partial charge in [-0.3, -0.25) is 24.0 Å². The number of hydrogen-bond donors (Lipinski definition) is 5. The minimum absolute atomic E-state index is 0.0305. The van der Waals surface area contributed by atoms with Crippen LogP contribution in [0.4, 0.5) is 0 Å². The van der Waals surface area contributed by atoms with Crippen molar-refractivity contribution in [2.24, 2.45) is 5.92 Å². The van der Waals surface area contributed by atoms with Crippen molar-refractivity contribution in [1.82, 2.24) is 26.6 Å². The molecule has 0 saturated heterocycles. The molecule has 43 heavy (non-hydrogen) atoms. The Bertz CT molecular complexity index is 1300. The standard InChI is InChI=1S/C30H38ClN5O7/c1-17(2)26-30(41)33-18(3)16-43-24-8-6-5-7-22(24)28(39)35-23(15-25(37)34-19(4)27(38)36-26)29(40)32-13-14-42-21-11-9-20(31)10-12-21/h5-12,17-19,23,26H,13-16H2,1-4H3,(H,32,40)(H,33,41)(H,34,37)(H,35,39)(H,36,38)/t18-,19-,23-,26+/m0/s1. The maximum Gasteiger partial charge on any atom is 0.255 e. The van der Waals surface area contributed by atoms with E-state index in [2.05, 4.69) is 26.6 Å². The van der Waals surface area contributed by atoms with Crippen LogP contribution in [0.5, 0.6) is 11.5 Å². The first-order valence-electron chi connectivity index (χ1n) is 14.0. The molecule has 4 atom stereocenters. The molecule has 3 rings (SSSR count). The summed E-state index contributed by atoms with van der Waals surface area (Å²) >= 11 is 5.88. The van der Waals surface area contributed by atoms with Gasteiger partial charge in [-0.15, -0.1) is 0 Å². The summed E-state index contributed by atoms with van der Waals surface area (Å²) in [5.41, 5.74) is 0.139. The SMILES string of the molecule is CC(C)[C@H]1NC(=O)[C@H](C)NC(=O)C[C@@H](C(=O)NCCOc2ccc(Cl)cc2)NC(=O)c2ccccc2OC[C@H](C)NC1=O. The minimum atomic E-state index is -1.28. The number of amides is 5. The number of nitrogens with one attached hydrogen (secondary N) is 5. The fraction of sp³-hybridized carbons (Fsp3) is 0.433. The van der Waals surface area contributed by atoms with Crippen LogP contribution in [0, 0.1) is 5.92 Å². The van der Waals surface area contributed by atoms with Crippen molar-refractivity contribution in [3.05, 3.63) is 59.1 Å². The predicted molar refractivity (Wildman–Crippen MR) is 160 cm³/mol. The maximum absolute atomic E-state index is 13.3. The van der Waals surface area contributed by atoms with Crippen molar-refractivity contribution in [2.45, 2.75) is 58.3 Å². The molecule has 13 heteroatoms. The highest BCUT2D eigenvalue weighted by Gasteiger charge is 2.30. The smallest absolute Gasteiger partial charge is 0.255 e. The molecule has 0 aliphatic carbocycles. The monoisotopic (exact) mass is 615 g/mol. The van der Waals surface area contributed by atoms with Gasteiger partial charge < -0.3 is 36.1 Å². The van der Waals surface area contributed by atoms with Gasteiger partial charge in [-0.1, -0.05) is 37.6 Å². The van der Waals surface area contributed by atoms with Gasteiger partial charge in [-0.05, 0) is 56.2 Å². The third-order valence-electron chi connectivity index (χ3n) is 6.52. The normalized spacial score (nSPS) is 22.1. The lowest BCUT2D eigenvalue weighted by molar-refractivity contribution is -0.133. The topological polar surface area (TPSA) is 164 Å². The Kier molecular flexibility index (Phi) is 12.2. The number of para-hydroxylation sites is 1. The van der Waals surface area contributed by atoms with E-state index < -0.39 is 60.1 Å². The summed E-state index contributed by atoms with van der Waals surface area (Å²) in [6.07, 6.45) is -0.457. The fourth-order valence-corrected chi connectivity index (χ4v) is 4.30. The second-order valence-electron chi connectivity index (χ2n) is 10.6. The van der Waals surface area contributed by atoms with Crippen molar-refractivity contribution in [3.8, 4) is 11.5 Å². The summed E-state index contributed by atoms with van der Waals surface area (Å²) < 4.78 is 11.5. The molecule has 0 radical (unpaired) electrons. The van der Waals surface area contributed by atoms with Crippen LogP contribution in [0.15, 0.2) is 48.5 Å². The molecule has 1 heterocycles. The van der Waals surface area contributed by atoms with Crippen molar-refractivity contribution < 1.29 is 33.4 Å². The molecule has 0 unspecified atom stereocenters. The minimum Gasteiger partial charge on any atom is -0.492 e. The van der Waals surface area contributed by atoms with Gasteiger partial charge in [0.2, 0.25) is 23.6 Å². The molecule has 0 spiro atoms. The van der Waals surface area contributed by atoms with E-state index >= 15 is 0 Å². The Hall–Kier alpha value is -4.32. The molecule has 5 amide bonds. The third-order valence-corrected chi connectivity index (χ3v) is 6.77. The molecule has 2 aromatic rings. The largest absolute Gasteiger partial charge is 0.492 e. The van der Waals surface area contributed by atoms with Gasteiger partial charge in [0.15, 0.2) is 0 Å². The predicted octanol–water partition coefficient (Wildman–Crippen LogP) is 1.57. The van der Waals surface area contributed by atoms with Crippen LogP contribution in [0.25, 0.3) is 0 Å². The first-order chi connectivity index (χ1) is 20.4. The van der Waals surface area contributed by atoms with Crippen LogP contribution < -0.4 is 36.1 Å². The van der Waals surface area contributed by atoms with Crippen LogP contribution in [0.3, 0.4) is 0 Å². The van der Waals surface area contributed by atoms with E-state index in [4.69, 9.17) is 21.1 Å².